The first-order valence-corrected chi connectivity index (χ1v) is 9.86. The molecule has 0 aliphatic rings. The number of hydrogen-bond donors (Lipinski definition) is 0. The number of rotatable bonds is 6. The van der Waals surface area contributed by atoms with Gasteiger partial charge < -0.3 is 9.47 Å². The molecule has 0 amide bonds. The zero-order valence-electron chi connectivity index (χ0n) is 16.1. The smallest absolute Gasteiger partial charge is 0.214 e. The van der Waals surface area contributed by atoms with Crippen LogP contribution < -0.4 is 9.47 Å². The second kappa shape index (κ2) is 8.09. The second-order valence-corrected chi connectivity index (χ2v) is 7.47. The first-order valence-electron chi connectivity index (χ1n) is 9.07. The van der Waals surface area contributed by atoms with Crippen LogP contribution in [-0.2, 0) is 6.54 Å². The average Bonchev–Trinajstić information content (AvgIpc) is 3.10. The number of ketones is 1. The Balaban J connectivity index is 1.81. The molecule has 4 aromatic rings. The molecule has 0 radical (unpaired) electrons. The van der Waals surface area contributed by atoms with Crippen molar-refractivity contribution < 1.29 is 14.3 Å². The van der Waals surface area contributed by atoms with Crippen molar-refractivity contribution in [2.24, 2.45) is 0 Å². The maximum absolute atomic E-state index is 13.3. The maximum atomic E-state index is 13.3. The molecular weight excluding hydrogens is 432 g/mol. The van der Waals surface area contributed by atoms with Gasteiger partial charge >= 0.3 is 0 Å². The first-order chi connectivity index (χ1) is 14.1. The van der Waals surface area contributed by atoms with Crippen molar-refractivity contribution in [1.29, 1.82) is 0 Å². The summed E-state index contributed by atoms with van der Waals surface area (Å²) >= 11 is 3.50. The molecule has 6 heteroatoms. The van der Waals surface area contributed by atoms with E-state index in [2.05, 4.69) is 21.0 Å². The third kappa shape index (κ3) is 3.76. The molecule has 0 atom stereocenters. The standard InChI is InChI=1S/C23H19BrN2O3/c1-28-20-11-8-16(12-21(20)29-2)23(27)22-18-13-17(24)9-10-19(18)26(25-22)14-15-6-4-3-5-7-15/h3-13H,14H2,1-2H3. The van der Waals surface area contributed by atoms with Crippen molar-refractivity contribution >= 4 is 32.6 Å². The van der Waals surface area contributed by atoms with E-state index in [1.165, 1.54) is 0 Å². The molecule has 4 rings (SSSR count). The van der Waals surface area contributed by atoms with Gasteiger partial charge in [0, 0.05) is 15.4 Å². The second-order valence-electron chi connectivity index (χ2n) is 6.55. The molecule has 0 saturated carbocycles. The van der Waals surface area contributed by atoms with Gasteiger partial charge in [0.2, 0.25) is 5.78 Å². The van der Waals surface area contributed by atoms with Gasteiger partial charge in [0.25, 0.3) is 0 Å². The SMILES string of the molecule is COc1ccc(C(=O)c2nn(Cc3ccccc3)c3ccc(Br)cc23)cc1OC. The van der Waals surface area contributed by atoms with E-state index in [1.807, 2.05) is 53.2 Å². The van der Waals surface area contributed by atoms with Crippen molar-refractivity contribution in [2.45, 2.75) is 6.54 Å². The molecule has 3 aromatic carbocycles. The van der Waals surface area contributed by atoms with Crippen molar-refractivity contribution in [3.8, 4) is 11.5 Å². The number of fused-ring (bicyclic) bond motifs is 1. The van der Waals surface area contributed by atoms with E-state index in [-0.39, 0.29) is 5.78 Å². The summed E-state index contributed by atoms with van der Waals surface area (Å²) in [5.74, 6) is 0.916. The van der Waals surface area contributed by atoms with E-state index in [0.29, 0.717) is 29.3 Å². The van der Waals surface area contributed by atoms with Gasteiger partial charge in [0.15, 0.2) is 11.5 Å². The molecule has 0 saturated heterocycles. The molecule has 0 N–H and O–H groups in total. The molecule has 0 aliphatic heterocycles. The Kier molecular flexibility index (Phi) is 5.36. The van der Waals surface area contributed by atoms with Gasteiger partial charge in [-0.05, 0) is 42.0 Å². The fourth-order valence-electron chi connectivity index (χ4n) is 3.31. The largest absolute Gasteiger partial charge is 0.493 e. The summed E-state index contributed by atoms with van der Waals surface area (Å²) in [5, 5.41) is 5.48. The molecule has 0 aliphatic carbocycles. The number of nitrogens with zero attached hydrogens (tertiary/aromatic N) is 2. The van der Waals surface area contributed by atoms with Gasteiger partial charge in [-0.1, -0.05) is 46.3 Å². The lowest BCUT2D eigenvalue weighted by atomic mass is 10.0. The van der Waals surface area contributed by atoms with Crippen LogP contribution in [0.2, 0.25) is 0 Å². The number of halogens is 1. The van der Waals surface area contributed by atoms with Crippen LogP contribution in [-0.4, -0.2) is 29.8 Å². The topological polar surface area (TPSA) is 53.3 Å². The predicted octanol–water partition coefficient (Wildman–Crippen LogP) is 5.10. The number of methoxy groups -OCH3 is 2. The van der Waals surface area contributed by atoms with Crippen LogP contribution in [0.4, 0.5) is 0 Å². The van der Waals surface area contributed by atoms with Gasteiger partial charge in [-0.25, -0.2) is 0 Å². The molecule has 146 valence electrons. The van der Waals surface area contributed by atoms with Crippen molar-refractivity contribution in [3.05, 3.63) is 88.0 Å². The highest BCUT2D eigenvalue weighted by atomic mass is 79.9. The fourth-order valence-corrected chi connectivity index (χ4v) is 3.67. The Morgan fingerprint density at radius 1 is 0.966 bits per heavy atom. The number of carbonyl (C=O) groups is 1. The van der Waals surface area contributed by atoms with E-state index in [4.69, 9.17) is 9.47 Å². The monoisotopic (exact) mass is 450 g/mol. The quantitative estimate of drug-likeness (QED) is 0.383. The van der Waals surface area contributed by atoms with E-state index >= 15 is 0 Å². The van der Waals surface area contributed by atoms with Crippen LogP contribution >= 0.6 is 15.9 Å². The van der Waals surface area contributed by atoms with Crippen LogP contribution in [0.25, 0.3) is 10.9 Å². The molecule has 5 nitrogen and oxygen atoms in total. The molecule has 1 heterocycles. The highest BCUT2D eigenvalue weighted by Gasteiger charge is 2.20. The first kappa shape index (κ1) is 19.2. The summed E-state index contributed by atoms with van der Waals surface area (Å²) < 4.78 is 13.4. The van der Waals surface area contributed by atoms with Gasteiger partial charge in [0.1, 0.15) is 5.69 Å². The number of hydrogen-bond acceptors (Lipinski definition) is 4. The Labute approximate surface area is 177 Å². The maximum Gasteiger partial charge on any atom is 0.214 e. The lowest BCUT2D eigenvalue weighted by molar-refractivity contribution is 0.103. The van der Waals surface area contributed by atoms with Crippen LogP contribution in [0.3, 0.4) is 0 Å². The molecular formula is C23H19BrN2O3. The Hall–Kier alpha value is -3.12. The normalized spacial score (nSPS) is 10.9. The minimum atomic E-state index is -0.166. The van der Waals surface area contributed by atoms with Crippen molar-refractivity contribution in [3.63, 3.8) is 0 Å². The summed E-state index contributed by atoms with van der Waals surface area (Å²) in [7, 11) is 3.11. The third-order valence-electron chi connectivity index (χ3n) is 4.75. The van der Waals surface area contributed by atoms with Gasteiger partial charge in [-0.15, -0.1) is 0 Å². The van der Waals surface area contributed by atoms with Crippen molar-refractivity contribution in [2.75, 3.05) is 14.2 Å². The predicted molar refractivity (Wildman–Crippen MR) is 116 cm³/mol. The van der Waals surface area contributed by atoms with Gasteiger partial charge in [-0.2, -0.15) is 5.10 Å². The molecule has 0 unspecified atom stereocenters. The lowest BCUT2D eigenvalue weighted by Gasteiger charge is -2.08. The van der Waals surface area contributed by atoms with E-state index in [1.54, 1.807) is 32.4 Å². The van der Waals surface area contributed by atoms with E-state index < -0.39 is 0 Å². The number of benzene rings is 3. The zero-order chi connectivity index (χ0) is 20.4. The summed E-state index contributed by atoms with van der Waals surface area (Å²) in [6, 6.07) is 21.0. The summed E-state index contributed by atoms with van der Waals surface area (Å²) in [6.45, 7) is 0.582. The molecule has 0 fully saturated rings. The minimum absolute atomic E-state index is 0.166. The fraction of sp³-hybridized carbons (Fsp3) is 0.130. The number of carbonyl (C=O) groups excluding carboxylic acids is 1. The van der Waals surface area contributed by atoms with Gasteiger partial charge in [-0.3, -0.25) is 9.48 Å². The van der Waals surface area contributed by atoms with Crippen LogP contribution in [0.5, 0.6) is 11.5 Å². The van der Waals surface area contributed by atoms with Crippen LogP contribution in [0, 0.1) is 0 Å². The summed E-state index contributed by atoms with van der Waals surface area (Å²) in [6.07, 6.45) is 0. The van der Waals surface area contributed by atoms with Crippen LogP contribution in [0.1, 0.15) is 21.6 Å². The molecule has 29 heavy (non-hydrogen) atoms. The number of aromatic nitrogens is 2. The lowest BCUT2D eigenvalue weighted by Crippen LogP contribution is -2.06. The van der Waals surface area contributed by atoms with Crippen LogP contribution in [0.15, 0.2) is 71.2 Å². The minimum Gasteiger partial charge on any atom is -0.493 e. The Morgan fingerprint density at radius 2 is 1.72 bits per heavy atom. The van der Waals surface area contributed by atoms with E-state index in [0.717, 1.165) is 20.9 Å². The summed E-state index contributed by atoms with van der Waals surface area (Å²) in [5.41, 5.74) is 2.92. The van der Waals surface area contributed by atoms with Crippen molar-refractivity contribution in [1.82, 2.24) is 9.78 Å². The molecule has 1 aromatic heterocycles. The number of ether oxygens (including phenoxy) is 2. The highest BCUT2D eigenvalue weighted by molar-refractivity contribution is 9.10. The zero-order valence-corrected chi connectivity index (χ0v) is 17.6. The summed E-state index contributed by atoms with van der Waals surface area (Å²) in [4.78, 5) is 13.3. The van der Waals surface area contributed by atoms with E-state index in [9.17, 15) is 4.79 Å². The Bertz CT molecular complexity index is 1190. The highest BCUT2D eigenvalue weighted by Crippen LogP contribution is 2.30. The Morgan fingerprint density at radius 3 is 2.45 bits per heavy atom. The average molecular weight is 451 g/mol. The van der Waals surface area contributed by atoms with Gasteiger partial charge in [0.05, 0.1) is 26.3 Å². The third-order valence-corrected chi connectivity index (χ3v) is 5.24. The molecule has 0 spiro atoms. The molecule has 0 bridgehead atoms.